The number of hydrogen-bond acceptors (Lipinski definition) is 6. The van der Waals surface area contributed by atoms with Crippen LogP contribution in [0.1, 0.15) is 19.5 Å². The van der Waals surface area contributed by atoms with Crippen LogP contribution < -0.4 is 5.32 Å². The van der Waals surface area contributed by atoms with Gasteiger partial charge in [-0.3, -0.25) is 9.00 Å². The van der Waals surface area contributed by atoms with Crippen molar-refractivity contribution in [3.8, 4) is 10.7 Å². The lowest BCUT2D eigenvalue weighted by Gasteiger charge is -2.05. The topological polar surface area (TPSA) is 76.9 Å². The maximum atomic E-state index is 13.0. The number of halogens is 3. The summed E-state index contributed by atoms with van der Waals surface area (Å²) in [6, 6.07) is 0.911. The lowest BCUT2D eigenvalue weighted by atomic mass is 10.3. The molecule has 4 heterocycles. The molecule has 4 aromatic rings. The third-order valence-electron chi connectivity index (χ3n) is 4.42. The zero-order valence-corrected chi connectivity index (χ0v) is 18.4. The molecular weight excluding hydrogens is 457 g/mol. The Hall–Kier alpha value is -2.31. The minimum Gasteiger partial charge on any atom is -0.325 e. The van der Waals surface area contributed by atoms with Gasteiger partial charge in [-0.2, -0.15) is 13.2 Å². The van der Waals surface area contributed by atoms with E-state index >= 15 is 0 Å². The standard InChI is InChI=1S/C18H15F3N4O2S3/c1-4-30(27)16-14-13(10(7-28-14)23-8(2)26)29-15(16)17-24-9-5-12(18(19,20)21)22-6-11(9)25(17)3/h5-7H,4H2,1-3H3,(H,23,26). The van der Waals surface area contributed by atoms with Crippen LogP contribution in [0.4, 0.5) is 18.9 Å². The van der Waals surface area contributed by atoms with Crippen LogP contribution in [0.3, 0.4) is 0 Å². The number of amides is 1. The fourth-order valence-corrected chi connectivity index (χ4v) is 7.20. The molecule has 0 aromatic carbocycles. The van der Waals surface area contributed by atoms with Gasteiger partial charge in [0, 0.05) is 25.1 Å². The number of nitrogens with zero attached hydrogens (tertiary/aromatic N) is 3. The second-order valence-electron chi connectivity index (χ2n) is 6.43. The molecule has 0 saturated heterocycles. The van der Waals surface area contributed by atoms with Crippen molar-refractivity contribution in [3.63, 3.8) is 0 Å². The van der Waals surface area contributed by atoms with Gasteiger partial charge in [0.1, 0.15) is 5.69 Å². The van der Waals surface area contributed by atoms with Crippen LogP contribution >= 0.6 is 22.7 Å². The zero-order valence-electron chi connectivity index (χ0n) is 16.0. The van der Waals surface area contributed by atoms with Crippen LogP contribution in [0.2, 0.25) is 0 Å². The number of carbonyl (C=O) groups excluding carboxylic acids is 1. The van der Waals surface area contributed by atoms with Crippen LogP contribution in [0, 0.1) is 0 Å². The summed E-state index contributed by atoms with van der Waals surface area (Å²) in [4.78, 5) is 20.6. The number of fused-ring (bicyclic) bond motifs is 2. The van der Waals surface area contributed by atoms with Gasteiger partial charge < -0.3 is 9.88 Å². The molecule has 0 aliphatic heterocycles. The van der Waals surface area contributed by atoms with Crippen molar-refractivity contribution in [2.24, 2.45) is 7.05 Å². The number of thiophene rings is 2. The largest absolute Gasteiger partial charge is 0.433 e. The molecule has 1 atom stereocenters. The average Bonchev–Trinajstić information content (AvgIpc) is 3.32. The highest BCUT2D eigenvalue weighted by Crippen LogP contribution is 2.47. The molecule has 0 radical (unpaired) electrons. The summed E-state index contributed by atoms with van der Waals surface area (Å²) in [7, 11) is 0.347. The van der Waals surface area contributed by atoms with Gasteiger partial charge in [0.2, 0.25) is 5.91 Å². The van der Waals surface area contributed by atoms with E-state index < -0.39 is 22.7 Å². The molecule has 0 spiro atoms. The molecule has 0 aliphatic carbocycles. The highest BCUT2D eigenvalue weighted by molar-refractivity contribution is 7.85. The monoisotopic (exact) mass is 472 g/mol. The van der Waals surface area contributed by atoms with E-state index in [1.54, 1.807) is 23.9 Å². The number of rotatable bonds is 4. The second kappa shape index (κ2) is 7.43. The van der Waals surface area contributed by atoms with Crippen molar-refractivity contribution in [2.45, 2.75) is 24.9 Å². The first kappa shape index (κ1) is 20.9. The van der Waals surface area contributed by atoms with Gasteiger partial charge >= 0.3 is 6.18 Å². The Kier molecular flexibility index (Phi) is 5.19. The van der Waals surface area contributed by atoms with Gasteiger partial charge in [-0.25, -0.2) is 9.97 Å². The highest BCUT2D eigenvalue weighted by Gasteiger charge is 2.33. The van der Waals surface area contributed by atoms with Gasteiger partial charge in [-0.15, -0.1) is 22.7 Å². The summed E-state index contributed by atoms with van der Waals surface area (Å²) in [5.74, 6) is 0.553. The number of anilines is 1. The molecule has 1 unspecified atom stereocenters. The summed E-state index contributed by atoms with van der Waals surface area (Å²) >= 11 is 2.68. The minimum atomic E-state index is -4.57. The molecule has 1 amide bonds. The van der Waals surface area contributed by atoms with Gasteiger partial charge in [-0.1, -0.05) is 6.92 Å². The van der Waals surface area contributed by atoms with Crippen molar-refractivity contribution in [3.05, 3.63) is 23.3 Å². The van der Waals surface area contributed by atoms with Crippen LogP contribution in [-0.2, 0) is 28.8 Å². The first-order chi connectivity index (χ1) is 14.1. The number of imidazole rings is 1. The number of hydrogen-bond donors (Lipinski definition) is 1. The van der Waals surface area contributed by atoms with Gasteiger partial charge in [0.05, 0.1) is 52.9 Å². The maximum absolute atomic E-state index is 13.0. The van der Waals surface area contributed by atoms with E-state index in [9.17, 15) is 22.2 Å². The predicted octanol–water partition coefficient (Wildman–Crippen LogP) is 5.02. The number of nitrogens with one attached hydrogen (secondary N) is 1. The van der Waals surface area contributed by atoms with E-state index in [0.29, 0.717) is 32.6 Å². The molecule has 4 aromatic heterocycles. The normalized spacial score (nSPS) is 13.3. The van der Waals surface area contributed by atoms with Crippen molar-refractivity contribution >= 4 is 65.5 Å². The van der Waals surface area contributed by atoms with Crippen LogP contribution in [0.25, 0.3) is 31.1 Å². The fourth-order valence-electron chi connectivity index (χ4n) is 3.08. The summed E-state index contributed by atoms with van der Waals surface area (Å²) in [5.41, 5.74) is 0.192. The van der Waals surface area contributed by atoms with E-state index in [-0.39, 0.29) is 11.4 Å². The Morgan fingerprint density at radius 1 is 1.33 bits per heavy atom. The van der Waals surface area contributed by atoms with E-state index in [4.69, 9.17) is 0 Å². The summed E-state index contributed by atoms with van der Waals surface area (Å²) in [5, 5.41) is 4.55. The molecular formula is C18H15F3N4O2S3. The molecule has 0 saturated carbocycles. The van der Waals surface area contributed by atoms with Gasteiger partial charge in [0.15, 0.2) is 5.82 Å². The third kappa shape index (κ3) is 3.42. The Labute approximate surface area is 179 Å². The molecule has 4 rings (SSSR count). The van der Waals surface area contributed by atoms with Gasteiger partial charge in [0.25, 0.3) is 0 Å². The molecule has 0 fully saturated rings. The van der Waals surface area contributed by atoms with Crippen LogP contribution in [0.5, 0.6) is 0 Å². The fraction of sp³-hybridized carbons (Fsp3) is 0.278. The van der Waals surface area contributed by atoms with Crippen molar-refractivity contribution in [2.75, 3.05) is 11.1 Å². The second-order valence-corrected chi connectivity index (χ2v) is 10.0. The molecule has 0 bridgehead atoms. The van der Waals surface area contributed by atoms with Crippen LogP contribution in [-0.4, -0.2) is 30.4 Å². The maximum Gasteiger partial charge on any atom is 0.433 e. The van der Waals surface area contributed by atoms with E-state index in [1.165, 1.54) is 29.6 Å². The lowest BCUT2D eigenvalue weighted by molar-refractivity contribution is -0.141. The zero-order chi connectivity index (χ0) is 21.8. The minimum absolute atomic E-state index is 0.155. The molecule has 6 nitrogen and oxygen atoms in total. The molecule has 158 valence electrons. The van der Waals surface area contributed by atoms with Crippen molar-refractivity contribution in [1.29, 1.82) is 0 Å². The Morgan fingerprint density at radius 2 is 2.07 bits per heavy atom. The first-order valence-electron chi connectivity index (χ1n) is 8.71. The van der Waals surface area contributed by atoms with Crippen LogP contribution in [0.15, 0.2) is 22.5 Å². The average molecular weight is 473 g/mol. The van der Waals surface area contributed by atoms with Gasteiger partial charge in [-0.05, 0) is 6.07 Å². The van der Waals surface area contributed by atoms with E-state index in [2.05, 4.69) is 15.3 Å². The lowest BCUT2D eigenvalue weighted by Crippen LogP contribution is -2.07. The molecule has 1 N–H and O–H groups in total. The van der Waals surface area contributed by atoms with Crippen molar-refractivity contribution in [1.82, 2.24) is 14.5 Å². The van der Waals surface area contributed by atoms with E-state index in [1.807, 2.05) is 0 Å². The quantitative estimate of drug-likeness (QED) is 0.453. The molecule has 30 heavy (non-hydrogen) atoms. The Morgan fingerprint density at radius 3 is 2.70 bits per heavy atom. The number of pyridine rings is 1. The highest BCUT2D eigenvalue weighted by atomic mass is 32.2. The molecule has 12 heteroatoms. The SMILES string of the molecule is CCS(=O)c1c(-c2nc3cc(C(F)(F)F)ncc3n2C)sc2c(NC(C)=O)csc12. The van der Waals surface area contributed by atoms with E-state index in [0.717, 1.165) is 21.7 Å². The number of aryl methyl sites for hydroxylation is 1. The third-order valence-corrected chi connectivity index (χ3v) is 8.42. The first-order valence-corrected chi connectivity index (χ1v) is 11.7. The summed E-state index contributed by atoms with van der Waals surface area (Å²) in [6.07, 6.45) is -3.43. The number of aromatic nitrogens is 3. The Bertz CT molecular complexity index is 1320. The summed E-state index contributed by atoms with van der Waals surface area (Å²) in [6.45, 7) is 3.19. The number of carbonyl (C=O) groups is 1. The predicted molar refractivity (Wildman–Crippen MR) is 113 cm³/mol. The summed E-state index contributed by atoms with van der Waals surface area (Å²) < 4.78 is 55.2. The smallest absolute Gasteiger partial charge is 0.325 e. The molecule has 0 aliphatic rings. The Balaban J connectivity index is 1.97. The van der Waals surface area contributed by atoms with Crippen molar-refractivity contribution < 1.29 is 22.2 Å². The number of alkyl halides is 3.